The van der Waals surface area contributed by atoms with Crippen LogP contribution in [0.1, 0.15) is 27.9 Å². The number of nitrogens with zero attached hydrogens (tertiary/aromatic N) is 1. The molecule has 0 aliphatic rings. The standard InChI is InChI=1S/C18H18N4O2/c1-12-6-5-7-13(2)17(12)21-22-18(24)14-8-3-4-9-15(14)20-16(23)10-11-19/h3-9,21H,10H2,1-2H3,(H,20,23)(H,22,24). The number of para-hydroxylation sites is 2. The van der Waals surface area contributed by atoms with Gasteiger partial charge in [0.1, 0.15) is 6.42 Å². The molecule has 3 N–H and O–H groups in total. The summed E-state index contributed by atoms with van der Waals surface area (Å²) in [6.45, 7) is 3.88. The van der Waals surface area contributed by atoms with Crippen LogP contribution in [0.5, 0.6) is 0 Å². The summed E-state index contributed by atoms with van der Waals surface area (Å²) in [6.07, 6.45) is -0.267. The minimum Gasteiger partial charge on any atom is -0.324 e. The van der Waals surface area contributed by atoms with Gasteiger partial charge in [-0.2, -0.15) is 5.26 Å². The zero-order valence-electron chi connectivity index (χ0n) is 13.5. The van der Waals surface area contributed by atoms with E-state index in [-0.39, 0.29) is 12.3 Å². The molecule has 0 bridgehead atoms. The van der Waals surface area contributed by atoms with E-state index < -0.39 is 5.91 Å². The summed E-state index contributed by atoms with van der Waals surface area (Å²) in [5, 5.41) is 11.1. The molecule has 24 heavy (non-hydrogen) atoms. The van der Waals surface area contributed by atoms with Crippen molar-refractivity contribution in [3.05, 3.63) is 59.2 Å². The largest absolute Gasteiger partial charge is 0.324 e. The number of anilines is 2. The van der Waals surface area contributed by atoms with E-state index in [4.69, 9.17) is 5.26 Å². The third-order valence-corrected chi connectivity index (χ3v) is 3.47. The molecule has 6 heteroatoms. The highest BCUT2D eigenvalue weighted by atomic mass is 16.2. The molecular weight excluding hydrogens is 304 g/mol. The molecule has 0 saturated heterocycles. The lowest BCUT2D eigenvalue weighted by molar-refractivity contribution is -0.115. The van der Waals surface area contributed by atoms with Gasteiger partial charge in [0.25, 0.3) is 5.91 Å². The monoisotopic (exact) mass is 322 g/mol. The molecule has 0 aliphatic carbocycles. The van der Waals surface area contributed by atoms with Gasteiger partial charge in [0.15, 0.2) is 0 Å². The number of benzene rings is 2. The second-order valence-corrected chi connectivity index (χ2v) is 5.27. The summed E-state index contributed by atoms with van der Waals surface area (Å²) in [5.41, 5.74) is 9.07. The van der Waals surface area contributed by atoms with Crippen LogP contribution in [0.4, 0.5) is 11.4 Å². The van der Waals surface area contributed by atoms with Crippen LogP contribution >= 0.6 is 0 Å². The molecule has 0 aromatic heterocycles. The number of amides is 2. The predicted molar refractivity (Wildman–Crippen MR) is 92.3 cm³/mol. The fourth-order valence-electron chi connectivity index (χ4n) is 2.25. The molecule has 2 aromatic carbocycles. The Morgan fingerprint density at radius 2 is 1.71 bits per heavy atom. The Morgan fingerprint density at radius 3 is 2.38 bits per heavy atom. The van der Waals surface area contributed by atoms with E-state index in [9.17, 15) is 9.59 Å². The van der Waals surface area contributed by atoms with Crippen molar-refractivity contribution in [2.45, 2.75) is 20.3 Å². The molecule has 0 spiro atoms. The van der Waals surface area contributed by atoms with Crippen LogP contribution in [-0.2, 0) is 4.79 Å². The number of rotatable bonds is 5. The first-order chi connectivity index (χ1) is 11.5. The first-order valence-electron chi connectivity index (χ1n) is 7.41. The number of nitriles is 1. The molecule has 0 aliphatic heterocycles. The van der Waals surface area contributed by atoms with E-state index in [2.05, 4.69) is 16.2 Å². The van der Waals surface area contributed by atoms with Crippen LogP contribution in [0, 0.1) is 25.2 Å². The van der Waals surface area contributed by atoms with Gasteiger partial charge >= 0.3 is 0 Å². The highest BCUT2D eigenvalue weighted by molar-refractivity contribution is 6.04. The third kappa shape index (κ3) is 4.11. The van der Waals surface area contributed by atoms with Crippen LogP contribution in [0.15, 0.2) is 42.5 Å². The Balaban J connectivity index is 2.13. The normalized spacial score (nSPS) is 9.71. The van der Waals surface area contributed by atoms with Crippen molar-refractivity contribution in [1.82, 2.24) is 5.43 Å². The molecular formula is C18H18N4O2. The Labute approximate surface area is 140 Å². The molecule has 0 unspecified atom stereocenters. The number of hydrazine groups is 1. The van der Waals surface area contributed by atoms with E-state index in [0.29, 0.717) is 11.3 Å². The lowest BCUT2D eigenvalue weighted by Crippen LogP contribution is -2.31. The smallest absolute Gasteiger partial charge is 0.271 e. The van der Waals surface area contributed by atoms with Gasteiger partial charge in [-0.1, -0.05) is 30.3 Å². The van der Waals surface area contributed by atoms with Crippen molar-refractivity contribution in [3.63, 3.8) is 0 Å². The van der Waals surface area contributed by atoms with Gasteiger partial charge in [0.2, 0.25) is 5.91 Å². The first kappa shape index (κ1) is 17.0. The number of hydrogen-bond acceptors (Lipinski definition) is 4. The average molecular weight is 322 g/mol. The maximum Gasteiger partial charge on any atom is 0.271 e. The lowest BCUT2D eigenvalue weighted by Gasteiger charge is -2.15. The Hall–Kier alpha value is -3.33. The molecule has 122 valence electrons. The number of nitrogens with one attached hydrogen (secondary N) is 3. The van der Waals surface area contributed by atoms with Gasteiger partial charge in [-0.25, -0.2) is 0 Å². The van der Waals surface area contributed by atoms with Gasteiger partial charge in [0, 0.05) is 0 Å². The molecule has 2 amide bonds. The van der Waals surface area contributed by atoms with Crippen LogP contribution < -0.4 is 16.2 Å². The maximum absolute atomic E-state index is 12.4. The maximum atomic E-state index is 12.4. The van der Waals surface area contributed by atoms with Gasteiger partial charge in [-0.05, 0) is 37.1 Å². The summed E-state index contributed by atoms with van der Waals surface area (Å²) in [7, 11) is 0. The zero-order valence-corrected chi connectivity index (χ0v) is 13.5. The molecule has 2 aromatic rings. The second-order valence-electron chi connectivity index (χ2n) is 5.27. The topological polar surface area (TPSA) is 94.0 Å². The van der Waals surface area contributed by atoms with E-state index in [1.807, 2.05) is 32.0 Å². The SMILES string of the molecule is Cc1cccc(C)c1NNC(=O)c1ccccc1NC(=O)CC#N. The Bertz CT molecular complexity index is 789. The minimum absolute atomic E-state index is 0.267. The van der Waals surface area contributed by atoms with E-state index in [1.54, 1.807) is 30.3 Å². The molecule has 2 rings (SSSR count). The van der Waals surface area contributed by atoms with Gasteiger partial charge < -0.3 is 5.32 Å². The average Bonchev–Trinajstić information content (AvgIpc) is 2.55. The van der Waals surface area contributed by atoms with E-state index >= 15 is 0 Å². The number of carbonyl (C=O) groups excluding carboxylic acids is 2. The minimum atomic E-state index is -0.458. The lowest BCUT2D eigenvalue weighted by atomic mass is 10.1. The Kier molecular flexibility index (Phi) is 5.53. The fraction of sp³-hybridized carbons (Fsp3) is 0.167. The summed E-state index contributed by atoms with van der Waals surface area (Å²) in [4.78, 5) is 24.0. The molecule has 6 nitrogen and oxygen atoms in total. The summed E-state index contributed by atoms with van der Waals surface area (Å²) in [6, 6.07) is 14.2. The van der Waals surface area contributed by atoms with Crippen LogP contribution in [-0.4, -0.2) is 11.8 Å². The van der Waals surface area contributed by atoms with Crippen molar-refractivity contribution in [2.75, 3.05) is 10.7 Å². The van der Waals surface area contributed by atoms with Crippen LogP contribution in [0.2, 0.25) is 0 Å². The highest BCUT2D eigenvalue weighted by Gasteiger charge is 2.13. The number of aryl methyl sites for hydroxylation is 2. The van der Waals surface area contributed by atoms with E-state index in [1.165, 1.54) is 0 Å². The van der Waals surface area contributed by atoms with Crippen molar-refractivity contribution in [2.24, 2.45) is 0 Å². The van der Waals surface area contributed by atoms with Crippen LogP contribution in [0.3, 0.4) is 0 Å². The van der Waals surface area contributed by atoms with Crippen LogP contribution in [0.25, 0.3) is 0 Å². The fourth-order valence-corrected chi connectivity index (χ4v) is 2.25. The number of carbonyl (C=O) groups is 2. The van der Waals surface area contributed by atoms with Crippen molar-refractivity contribution in [3.8, 4) is 6.07 Å². The first-order valence-corrected chi connectivity index (χ1v) is 7.41. The third-order valence-electron chi connectivity index (χ3n) is 3.47. The van der Waals surface area contributed by atoms with Crippen molar-refractivity contribution < 1.29 is 9.59 Å². The van der Waals surface area contributed by atoms with Crippen molar-refractivity contribution >= 4 is 23.2 Å². The molecule has 0 heterocycles. The zero-order chi connectivity index (χ0) is 17.5. The van der Waals surface area contributed by atoms with Gasteiger partial charge in [-0.15, -0.1) is 0 Å². The Morgan fingerprint density at radius 1 is 1.04 bits per heavy atom. The van der Waals surface area contributed by atoms with Crippen molar-refractivity contribution in [1.29, 1.82) is 5.26 Å². The summed E-state index contributed by atoms with van der Waals surface area (Å²) >= 11 is 0. The highest BCUT2D eigenvalue weighted by Crippen LogP contribution is 2.19. The van der Waals surface area contributed by atoms with Gasteiger partial charge in [-0.3, -0.25) is 20.4 Å². The summed E-state index contributed by atoms with van der Waals surface area (Å²) < 4.78 is 0. The quantitative estimate of drug-likeness (QED) is 0.738. The molecule has 0 atom stereocenters. The molecule has 0 radical (unpaired) electrons. The second kappa shape index (κ2) is 7.79. The number of hydrogen-bond donors (Lipinski definition) is 3. The predicted octanol–water partition coefficient (Wildman–Crippen LogP) is 2.91. The van der Waals surface area contributed by atoms with Gasteiger partial charge in [0.05, 0.1) is 23.0 Å². The van der Waals surface area contributed by atoms with E-state index in [0.717, 1.165) is 16.8 Å². The molecule has 0 fully saturated rings. The summed E-state index contributed by atoms with van der Waals surface area (Å²) in [5.74, 6) is -0.842. The molecule has 0 saturated carbocycles.